The number of pyridine rings is 1. The van der Waals surface area contributed by atoms with Gasteiger partial charge in [-0.2, -0.15) is 0 Å². The minimum absolute atomic E-state index is 0.483. The first-order chi connectivity index (χ1) is 8.54. The lowest BCUT2D eigenvalue weighted by Crippen LogP contribution is -2.38. The molecule has 1 aliphatic heterocycles. The van der Waals surface area contributed by atoms with E-state index in [1.54, 1.807) is 6.92 Å². The minimum atomic E-state index is -0.483. The highest BCUT2D eigenvalue weighted by atomic mass is 16.3. The van der Waals surface area contributed by atoms with Crippen LogP contribution in [0.25, 0.3) is 0 Å². The van der Waals surface area contributed by atoms with Crippen molar-refractivity contribution >= 4 is 5.69 Å². The van der Waals surface area contributed by atoms with E-state index in [9.17, 15) is 5.11 Å². The molecule has 2 rings (SSSR count). The number of aromatic nitrogens is 1. The van der Waals surface area contributed by atoms with Crippen molar-refractivity contribution in [2.75, 3.05) is 18.0 Å². The molecule has 3 nitrogen and oxygen atoms in total. The summed E-state index contributed by atoms with van der Waals surface area (Å²) in [5, 5.41) is 9.45. The van der Waals surface area contributed by atoms with Crippen LogP contribution in [-0.2, 0) is 0 Å². The molecule has 1 aromatic heterocycles. The van der Waals surface area contributed by atoms with Gasteiger partial charge in [-0.3, -0.25) is 4.98 Å². The number of hydrogen-bond acceptors (Lipinski definition) is 3. The minimum Gasteiger partial charge on any atom is -0.387 e. The molecule has 0 unspecified atom stereocenters. The molecule has 1 aliphatic rings. The average Bonchev–Trinajstić information content (AvgIpc) is 2.40. The number of nitrogens with zero attached hydrogens (tertiary/aromatic N) is 2. The number of piperidine rings is 1. The quantitative estimate of drug-likeness (QED) is 0.892. The van der Waals surface area contributed by atoms with Crippen molar-refractivity contribution in [3.8, 4) is 0 Å². The van der Waals surface area contributed by atoms with E-state index in [0.717, 1.165) is 18.8 Å². The van der Waals surface area contributed by atoms with Crippen molar-refractivity contribution in [1.29, 1.82) is 0 Å². The summed E-state index contributed by atoms with van der Waals surface area (Å²) in [6, 6.07) is 4.00. The molecular formula is C15H24N2O. The van der Waals surface area contributed by atoms with Gasteiger partial charge in [0.2, 0.25) is 0 Å². The smallest absolute Gasteiger partial charge is 0.0931 e. The van der Waals surface area contributed by atoms with Crippen molar-refractivity contribution in [2.45, 2.75) is 46.1 Å². The fourth-order valence-electron chi connectivity index (χ4n) is 2.49. The van der Waals surface area contributed by atoms with Gasteiger partial charge in [0.05, 0.1) is 23.7 Å². The van der Waals surface area contributed by atoms with Gasteiger partial charge in [-0.05, 0) is 37.3 Å². The number of rotatable bonds is 3. The lowest BCUT2D eigenvalue weighted by Gasteiger charge is -2.40. The highest BCUT2D eigenvalue weighted by Crippen LogP contribution is 2.35. The number of aliphatic hydroxyl groups is 1. The first-order valence-corrected chi connectivity index (χ1v) is 6.93. The summed E-state index contributed by atoms with van der Waals surface area (Å²) in [5.41, 5.74) is 2.44. The third kappa shape index (κ3) is 2.83. The zero-order valence-corrected chi connectivity index (χ0v) is 11.7. The Morgan fingerprint density at radius 1 is 1.39 bits per heavy atom. The third-order valence-electron chi connectivity index (χ3n) is 4.39. The molecule has 1 atom stereocenters. The fraction of sp³-hybridized carbons (Fsp3) is 0.667. The Balaban J connectivity index is 2.01. The molecule has 18 heavy (non-hydrogen) atoms. The van der Waals surface area contributed by atoms with Gasteiger partial charge in [0.25, 0.3) is 0 Å². The Morgan fingerprint density at radius 2 is 2.06 bits per heavy atom. The molecule has 1 N–H and O–H groups in total. The zero-order valence-electron chi connectivity index (χ0n) is 11.7. The van der Waals surface area contributed by atoms with Gasteiger partial charge in [-0.1, -0.05) is 20.3 Å². The van der Waals surface area contributed by atoms with Crippen LogP contribution in [0.4, 0.5) is 5.69 Å². The van der Waals surface area contributed by atoms with Gasteiger partial charge in [0.1, 0.15) is 0 Å². The highest BCUT2D eigenvalue weighted by Gasteiger charge is 2.28. The first-order valence-electron chi connectivity index (χ1n) is 6.93. The molecule has 0 saturated carbocycles. The van der Waals surface area contributed by atoms with E-state index in [1.807, 2.05) is 12.3 Å². The van der Waals surface area contributed by atoms with Crippen molar-refractivity contribution < 1.29 is 5.11 Å². The second-order valence-corrected chi connectivity index (χ2v) is 5.77. The van der Waals surface area contributed by atoms with E-state index in [-0.39, 0.29) is 0 Å². The van der Waals surface area contributed by atoms with Crippen LogP contribution in [-0.4, -0.2) is 23.2 Å². The summed E-state index contributed by atoms with van der Waals surface area (Å²) >= 11 is 0. The van der Waals surface area contributed by atoms with E-state index in [2.05, 4.69) is 29.8 Å². The molecule has 1 aromatic rings. The molecular weight excluding hydrogens is 224 g/mol. The lowest BCUT2D eigenvalue weighted by atomic mass is 9.78. The SMILES string of the molecule is CCC1(C)CCN(c2ccc([C@H](C)O)nc2)CC1. The van der Waals surface area contributed by atoms with Gasteiger partial charge in [0.15, 0.2) is 0 Å². The average molecular weight is 248 g/mol. The van der Waals surface area contributed by atoms with Crippen LogP contribution in [0.3, 0.4) is 0 Å². The molecule has 0 aliphatic carbocycles. The maximum Gasteiger partial charge on any atom is 0.0931 e. The summed E-state index contributed by atoms with van der Waals surface area (Å²) in [7, 11) is 0. The molecule has 0 amide bonds. The van der Waals surface area contributed by atoms with Crippen molar-refractivity contribution in [1.82, 2.24) is 4.98 Å². The number of aliphatic hydroxyl groups excluding tert-OH is 1. The Hall–Kier alpha value is -1.09. The van der Waals surface area contributed by atoms with Gasteiger partial charge in [-0.15, -0.1) is 0 Å². The van der Waals surface area contributed by atoms with Crippen molar-refractivity contribution in [3.05, 3.63) is 24.0 Å². The van der Waals surface area contributed by atoms with E-state index in [1.165, 1.54) is 24.9 Å². The number of anilines is 1. The fourth-order valence-corrected chi connectivity index (χ4v) is 2.49. The molecule has 0 radical (unpaired) electrons. The van der Waals surface area contributed by atoms with E-state index < -0.39 is 6.10 Å². The van der Waals surface area contributed by atoms with Crippen LogP contribution in [0.5, 0.6) is 0 Å². The predicted octanol–water partition coefficient (Wildman–Crippen LogP) is 3.15. The Labute approximate surface area is 110 Å². The first kappa shape index (κ1) is 13.3. The van der Waals surface area contributed by atoms with E-state index in [0.29, 0.717) is 5.41 Å². The van der Waals surface area contributed by atoms with Crippen molar-refractivity contribution in [2.24, 2.45) is 5.41 Å². The standard InChI is InChI=1S/C15H24N2O/c1-4-15(3)7-9-17(10-8-15)13-5-6-14(12(2)18)16-11-13/h5-6,11-12,18H,4,7-10H2,1-3H3/t12-/m0/s1. The van der Waals surface area contributed by atoms with E-state index in [4.69, 9.17) is 0 Å². The number of hydrogen-bond donors (Lipinski definition) is 1. The molecule has 3 heteroatoms. The second kappa shape index (κ2) is 5.27. The lowest BCUT2D eigenvalue weighted by molar-refractivity contribution is 0.194. The Morgan fingerprint density at radius 3 is 2.50 bits per heavy atom. The second-order valence-electron chi connectivity index (χ2n) is 5.77. The normalized spacial score (nSPS) is 20.8. The van der Waals surface area contributed by atoms with Crippen LogP contribution in [0.2, 0.25) is 0 Å². The summed E-state index contributed by atoms with van der Waals surface area (Å²) in [6.07, 6.45) is 5.17. The molecule has 0 spiro atoms. The molecule has 1 saturated heterocycles. The molecule has 2 heterocycles. The van der Waals surface area contributed by atoms with E-state index >= 15 is 0 Å². The predicted molar refractivity (Wildman–Crippen MR) is 74.7 cm³/mol. The van der Waals surface area contributed by atoms with Crippen LogP contribution in [0, 0.1) is 5.41 Å². The van der Waals surface area contributed by atoms with Gasteiger partial charge >= 0.3 is 0 Å². The summed E-state index contributed by atoms with van der Waals surface area (Å²) < 4.78 is 0. The maximum atomic E-state index is 9.45. The summed E-state index contributed by atoms with van der Waals surface area (Å²) in [4.78, 5) is 6.72. The highest BCUT2D eigenvalue weighted by molar-refractivity contribution is 5.45. The van der Waals surface area contributed by atoms with Gasteiger partial charge in [-0.25, -0.2) is 0 Å². The van der Waals surface area contributed by atoms with Crippen molar-refractivity contribution in [3.63, 3.8) is 0 Å². The zero-order chi connectivity index (χ0) is 13.2. The van der Waals surface area contributed by atoms with Crippen LogP contribution in [0.15, 0.2) is 18.3 Å². The van der Waals surface area contributed by atoms with Gasteiger partial charge < -0.3 is 10.0 Å². The van der Waals surface area contributed by atoms with Crippen LogP contribution in [0.1, 0.15) is 51.8 Å². The Bertz CT molecular complexity index is 378. The molecule has 100 valence electrons. The topological polar surface area (TPSA) is 36.4 Å². The molecule has 1 fully saturated rings. The maximum absolute atomic E-state index is 9.45. The molecule has 0 aromatic carbocycles. The Kier molecular flexibility index (Phi) is 3.91. The molecule has 0 bridgehead atoms. The van der Waals surface area contributed by atoms with Gasteiger partial charge in [0, 0.05) is 13.1 Å². The third-order valence-corrected chi connectivity index (χ3v) is 4.39. The summed E-state index contributed by atoms with van der Waals surface area (Å²) in [5.74, 6) is 0. The van der Waals surface area contributed by atoms with Crippen LogP contribution >= 0.6 is 0 Å². The largest absolute Gasteiger partial charge is 0.387 e. The summed E-state index contributed by atoms with van der Waals surface area (Å²) in [6.45, 7) is 8.64. The van der Waals surface area contributed by atoms with Crippen LogP contribution < -0.4 is 4.90 Å². The monoisotopic (exact) mass is 248 g/mol.